The molecule has 2 rings (SSSR count). The maximum absolute atomic E-state index is 11.0. The normalized spacial score (nSPS) is 13.9. The molecule has 0 spiro atoms. The highest BCUT2D eigenvalue weighted by Crippen LogP contribution is 2.27. The molecule has 0 aromatic heterocycles. The van der Waals surface area contributed by atoms with Gasteiger partial charge >= 0.3 is 5.97 Å². The van der Waals surface area contributed by atoms with E-state index >= 15 is 0 Å². The lowest BCUT2D eigenvalue weighted by Gasteiger charge is -2.25. The summed E-state index contributed by atoms with van der Waals surface area (Å²) in [6.45, 7) is 1.68. The van der Waals surface area contributed by atoms with Gasteiger partial charge in [-0.3, -0.25) is 4.79 Å². The van der Waals surface area contributed by atoms with Crippen molar-refractivity contribution in [2.75, 3.05) is 0 Å². The zero-order valence-corrected chi connectivity index (χ0v) is 11.8. The van der Waals surface area contributed by atoms with Crippen LogP contribution in [0.5, 0.6) is 0 Å². The molecule has 4 heteroatoms. The van der Waals surface area contributed by atoms with E-state index in [1.54, 1.807) is 6.92 Å². The van der Waals surface area contributed by atoms with Crippen LogP contribution in [0.2, 0.25) is 0 Å². The molecule has 0 saturated heterocycles. The smallest absolute Gasteiger partial charge is 0.323 e. The first-order valence-corrected chi connectivity index (χ1v) is 6.83. The molecule has 2 atom stereocenters. The quantitative estimate of drug-likeness (QED) is 0.855. The van der Waals surface area contributed by atoms with Crippen molar-refractivity contribution in [1.29, 1.82) is 0 Å². The van der Waals surface area contributed by atoms with Gasteiger partial charge in [0.1, 0.15) is 12.1 Å². The minimum absolute atomic E-state index is 0.340. The Morgan fingerprint density at radius 3 is 1.81 bits per heavy atom. The lowest BCUT2D eigenvalue weighted by Crippen LogP contribution is -2.42. The molecule has 0 bridgehead atoms. The van der Waals surface area contributed by atoms with Crippen LogP contribution in [0, 0.1) is 0 Å². The van der Waals surface area contributed by atoms with Gasteiger partial charge in [0.2, 0.25) is 0 Å². The molecular weight excluding hydrogens is 266 g/mol. The highest BCUT2D eigenvalue weighted by atomic mass is 16.5. The number of benzene rings is 2. The summed E-state index contributed by atoms with van der Waals surface area (Å²) in [4.78, 5) is 11.0. The molecule has 3 N–H and O–H groups in total. The maximum Gasteiger partial charge on any atom is 0.323 e. The highest BCUT2D eigenvalue weighted by molar-refractivity contribution is 5.73. The summed E-state index contributed by atoms with van der Waals surface area (Å²) in [5.41, 5.74) is 7.57. The second kappa shape index (κ2) is 7.02. The predicted octanol–water partition coefficient (Wildman–Crippen LogP) is 2.59. The topological polar surface area (TPSA) is 72.5 Å². The second-order valence-electron chi connectivity index (χ2n) is 4.91. The Morgan fingerprint density at radius 2 is 1.43 bits per heavy atom. The van der Waals surface area contributed by atoms with Gasteiger partial charge < -0.3 is 15.6 Å². The predicted molar refractivity (Wildman–Crippen MR) is 80.9 cm³/mol. The fourth-order valence-electron chi connectivity index (χ4n) is 2.11. The molecule has 4 nitrogen and oxygen atoms in total. The van der Waals surface area contributed by atoms with E-state index in [2.05, 4.69) is 0 Å². The van der Waals surface area contributed by atoms with E-state index < -0.39 is 18.1 Å². The van der Waals surface area contributed by atoms with Crippen LogP contribution in [0.25, 0.3) is 0 Å². The van der Waals surface area contributed by atoms with Gasteiger partial charge in [-0.1, -0.05) is 60.7 Å². The van der Waals surface area contributed by atoms with Gasteiger partial charge in [0, 0.05) is 0 Å². The molecule has 0 aliphatic carbocycles. The summed E-state index contributed by atoms with van der Waals surface area (Å²) < 4.78 is 5.94. The van der Waals surface area contributed by atoms with Crippen LogP contribution in [-0.2, 0) is 9.53 Å². The number of nitrogens with two attached hydrogens (primary N) is 1. The lowest BCUT2D eigenvalue weighted by molar-refractivity contribution is -0.143. The fourth-order valence-corrected chi connectivity index (χ4v) is 2.11. The summed E-state index contributed by atoms with van der Waals surface area (Å²) in [6, 6.07) is 18.3. The molecule has 0 fully saturated rings. The van der Waals surface area contributed by atoms with Crippen molar-refractivity contribution in [3.8, 4) is 0 Å². The van der Waals surface area contributed by atoms with Gasteiger partial charge in [0.05, 0.1) is 6.10 Å². The van der Waals surface area contributed by atoms with E-state index in [0.29, 0.717) is 0 Å². The average Bonchev–Trinajstić information content (AvgIpc) is 2.53. The van der Waals surface area contributed by atoms with Gasteiger partial charge in [-0.15, -0.1) is 0 Å². The van der Waals surface area contributed by atoms with Crippen LogP contribution < -0.4 is 5.73 Å². The third kappa shape index (κ3) is 3.90. The first-order chi connectivity index (χ1) is 10.1. The fraction of sp³-hybridized carbons (Fsp3) is 0.235. The van der Waals surface area contributed by atoms with Gasteiger partial charge in [-0.2, -0.15) is 0 Å². The molecular formula is C17H19NO3. The Labute approximate surface area is 124 Å². The van der Waals surface area contributed by atoms with Crippen molar-refractivity contribution in [3.63, 3.8) is 0 Å². The van der Waals surface area contributed by atoms with Crippen LogP contribution in [-0.4, -0.2) is 23.2 Å². The van der Waals surface area contributed by atoms with Crippen molar-refractivity contribution >= 4 is 5.97 Å². The summed E-state index contributed by atoms with van der Waals surface area (Å²) in [7, 11) is 0. The van der Waals surface area contributed by atoms with Gasteiger partial charge in [-0.05, 0) is 18.1 Å². The van der Waals surface area contributed by atoms with Crippen LogP contribution in [0.4, 0.5) is 0 Å². The molecule has 110 valence electrons. The van der Waals surface area contributed by atoms with Gasteiger partial charge in [0.25, 0.3) is 0 Å². The number of carbonyl (C=O) groups is 1. The third-order valence-corrected chi connectivity index (χ3v) is 3.35. The number of hydrogen-bond acceptors (Lipinski definition) is 3. The summed E-state index contributed by atoms with van der Waals surface area (Å²) in [5, 5.41) is 9.00. The van der Waals surface area contributed by atoms with E-state index in [9.17, 15) is 4.79 Å². The van der Waals surface area contributed by atoms with Crippen LogP contribution >= 0.6 is 0 Å². The second-order valence-corrected chi connectivity index (χ2v) is 4.91. The van der Waals surface area contributed by atoms with E-state index in [-0.39, 0.29) is 6.10 Å². The summed E-state index contributed by atoms with van der Waals surface area (Å²) in [6.07, 6.45) is -0.944. The molecule has 0 radical (unpaired) electrons. The monoisotopic (exact) mass is 285 g/mol. The van der Waals surface area contributed by atoms with Gasteiger partial charge in [-0.25, -0.2) is 0 Å². The van der Waals surface area contributed by atoms with Crippen molar-refractivity contribution in [2.24, 2.45) is 5.73 Å². The first kappa shape index (κ1) is 15.2. The standard InChI is InChI=1S/C17H19NO3/c1-12(15(18)17(19)20)21-16(13-8-4-2-5-9-13)14-10-6-3-7-11-14/h2-12,15-16H,18H2,1H3,(H,19,20)/t12-,15+/m1/s1. The zero-order chi connectivity index (χ0) is 15.2. The first-order valence-electron chi connectivity index (χ1n) is 6.83. The van der Waals surface area contributed by atoms with Gasteiger partial charge in [0.15, 0.2) is 0 Å². The number of rotatable bonds is 6. The van der Waals surface area contributed by atoms with Crippen LogP contribution in [0.3, 0.4) is 0 Å². The Bertz CT molecular complexity index is 532. The van der Waals surface area contributed by atoms with Crippen molar-refractivity contribution < 1.29 is 14.6 Å². The Balaban J connectivity index is 2.27. The number of carboxylic acid groups (broad SMARTS) is 1. The Morgan fingerprint density at radius 1 is 1.00 bits per heavy atom. The van der Waals surface area contributed by atoms with E-state index in [1.807, 2.05) is 60.7 Å². The van der Waals surface area contributed by atoms with Crippen molar-refractivity contribution in [1.82, 2.24) is 0 Å². The largest absolute Gasteiger partial charge is 0.480 e. The molecule has 2 aromatic rings. The molecule has 0 heterocycles. The number of carboxylic acids is 1. The third-order valence-electron chi connectivity index (χ3n) is 3.35. The molecule has 0 aliphatic heterocycles. The number of aliphatic carboxylic acids is 1. The molecule has 0 saturated carbocycles. The Kier molecular flexibility index (Phi) is 5.09. The van der Waals surface area contributed by atoms with Crippen LogP contribution in [0.1, 0.15) is 24.2 Å². The SMILES string of the molecule is C[C@@H](OC(c1ccccc1)c1ccccc1)[C@H](N)C(=O)O. The molecule has 0 amide bonds. The van der Waals surface area contributed by atoms with E-state index in [4.69, 9.17) is 15.6 Å². The van der Waals surface area contributed by atoms with E-state index in [0.717, 1.165) is 11.1 Å². The zero-order valence-electron chi connectivity index (χ0n) is 11.8. The Hall–Kier alpha value is -2.17. The number of ether oxygens (including phenoxy) is 1. The molecule has 21 heavy (non-hydrogen) atoms. The van der Waals surface area contributed by atoms with E-state index in [1.165, 1.54) is 0 Å². The lowest BCUT2D eigenvalue weighted by atomic mass is 10.0. The van der Waals surface area contributed by atoms with Crippen LogP contribution in [0.15, 0.2) is 60.7 Å². The molecule has 0 aliphatic rings. The highest BCUT2D eigenvalue weighted by Gasteiger charge is 2.25. The molecule has 2 aromatic carbocycles. The minimum Gasteiger partial charge on any atom is -0.480 e. The average molecular weight is 285 g/mol. The maximum atomic E-state index is 11.0. The van der Waals surface area contributed by atoms with Crippen molar-refractivity contribution in [2.45, 2.75) is 25.2 Å². The molecule has 0 unspecified atom stereocenters. The number of hydrogen-bond donors (Lipinski definition) is 2. The summed E-state index contributed by atoms with van der Waals surface area (Å²) >= 11 is 0. The summed E-state index contributed by atoms with van der Waals surface area (Å²) in [5.74, 6) is -1.07. The van der Waals surface area contributed by atoms with Crippen molar-refractivity contribution in [3.05, 3.63) is 71.8 Å². The minimum atomic E-state index is -1.07.